The second kappa shape index (κ2) is 7.67. The van der Waals surface area contributed by atoms with E-state index in [0.717, 1.165) is 33.2 Å². The molecule has 0 aliphatic rings. The third kappa shape index (κ3) is 3.82. The summed E-state index contributed by atoms with van der Waals surface area (Å²) in [4.78, 5) is 12.4. The summed E-state index contributed by atoms with van der Waals surface area (Å²) >= 11 is 11.9. The van der Waals surface area contributed by atoms with Crippen LogP contribution in [0.4, 0.5) is 5.69 Å². The topological polar surface area (TPSA) is 51.5 Å². The highest BCUT2D eigenvalue weighted by Crippen LogP contribution is 2.37. The summed E-state index contributed by atoms with van der Waals surface area (Å²) in [7, 11) is 1.61. The number of ether oxygens (including phenoxy) is 1. The van der Waals surface area contributed by atoms with Crippen LogP contribution in [0.3, 0.4) is 0 Å². The van der Waals surface area contributed by atoms with E-state index >= 15 is 0 Å². The Morgan fingerprint density at radius 2 is 1.93 bits per heavy atom. The van der Waals surface area contributed by atoms with Crippen molar-refractivity contribution in [3.8, 4) is 5.75 Å². The standard InChI is InChI=1S/C21H19Cl2NO3/c1-11(7-19(25)24-14-5-6-17(22)18(23)8-14)15-9-16-12(2)10-27-21(16)13(3)20(15)26-4/h5-10H,1-4H3,(H,24,25)/b11-7+. The molecule has 27 heavy (non-hydrogen) atoms. The van der Waals surface area contributed by atoms with Crippen LogP contribution < -0.4 is 10.1 Å². The monoisotopic (exact) mass is 403 g/mol. The quantitative estimate of drug-likeness (QED) is 0.512. The number of nitrogens with one attached hydrogen (secondary N) is 1. The summed E-state index contributed by atoms with van der Waals surface area (Å²) in [5, 5.41) is 4.61. The molecule has 3 aromatic rings. The molecule has 3 rings (SSSR count). The molecule has 0 aliphatic carbocycles. The maximum Gasteiger partial charge on any atom is 0.248 e. The minimum absolute atomic E-state index is 0.269. The normalized spacial score (nSPS) is 11.7. The molecule has 1 N–H and O–H groups in total. The van der Waals surface area contributed by atoms with E-state index in [2.05, 4.69) is 5.32 Å². The molecule has 1 aromatic heterocycles. The van der Waals surface area contributed by atoms with Gasteiger partial charge in [-0.15, -0.1) is 0 Å². The molecule has 6 heteroatoms. The molecular weight excluding hydrogens is 385 g/mol. The Morgan fingerprint density at radius 3 is 2.59 bits per heavy atom. The van der Waals surface area contributed by atoms with Crippen LogP contribution in [0.15, 0.2) is 41.0 Å². The van der Waals surface area contributed by atoms with Gasteiger partial charge in [0.05, 0.1) is 23.4 Å². The minimum Gasteiger partial charge on any atom is -0.496 e. The highest BCUT2D eigenvalue weighted by atomic mass is 35.5. The zero-order valence-electron chi connectivity index (χ0n) is 15.4. The molecule has 0 spiro atoms. The number of carbonyl (C=O) groups excluding carboxylic acids is 1. The first kappa shape index (κ1) is 19.3. The van der Waals surface area contributed by atoms with Crippen LogP contribution in [0.25, 0.3) is 16.5 Å². The third-order valence-electron chi connectivity index (χ3n) is 4.40. The van der Waals surface area contributed by atoms with Crippen molar-refractivity contribution < 1.29 is 13.9 Å². The van der Waals surface area contributed by atoms with Crippen LogP contribution in [-0.4, -0.2) is 13.0 Å². The van der Waals surface area contributed by atoms with Crippen molar-refractivity contribution in [3.63, 3.8) is 0 Å². The largest absolute Gasteiger partial charge is 0.496 e. The fourth-order valence-electron chi connectivity index (χ4n) is 3.02. The predicted octanol–water partition coefficient (Wildman–Crippen LogP) is 6.41. The van der Waals surface area contributed by atoms with E-state index in [1.807, 2.05) is 26.8 Å². The Labute approximate surface area is 167 Å². The number of rotatable bonds is 4. The lowest BCUT2D eigenvalue weighted by molar-refractivity contribution is -0.111. The molecule has 4 nitrogen and oxygen atoms in total. The van der Waals surface area contributed by atoms with E-state index < -0.39 is 0 Å². The van der Waals surface area contributed by atoms with Gasteiger partial charge >= 0.3 is 0 Å². The molecule has 2 aromatic carbocycles. The van der Waals surface area contributed by atoms with Crippen LogP contribution in [-0.2, 0) is 4.79 Å². The Hall–Kier alpha value is -2.43. The molecule has 1 amide bonds. The number of carbonyl (C=O) groups is 1. The average Bonchev–Trinajstić information content (AvgIpc) is 2.99. The molecule has 0 radical (unpaired) electrons. The van der Waals surface area contributed by atoms with Gasteiger partial charge in [-0.2, -0.15) is 0 Å². The first-order valence-electron chi connectivity index (χ1n) is 8.32. The maximum atomic E-state index is 12.4. The van der Waals surface area contributed by atoms with Crippen molar-refractivity contribution in [2.24, 2.45) is 0 Å². The van der Waals surface area contributed by atoms with Crippen molar-refractivity contribution in [2.75, 3.05) is 12.4 Å². The predicted molar refractivity (Wildman–Crippen MR) is 111 cm³/mol. The number of hydrogen-bond donors (Lipinski definition) is 1. The van der Waals surface area contributed by atoms with Gasteiger partial charge in [0, 0.05) is 28.3 Å². The summed E-state index contributed by atoms with van der Waals surface area (Å²) < 4.78 is 11.2. The number of methoxy groups -OCH3 is 1. The number of fused-ring (bicyclic) bond motifs is 1. The van der Waals surface area contributed by atoms with Crippen molar-refractivity contribution in [3.05, 3.63) is 63.3 Å². The second-order valence-electron chi connectivity index (χ2n) is 6.32. The molecule has 0 atom stereocenters. The molecule has 0 unspecified atom stereocenters. The second-order valence-corrected chi connectivity index (χ2v) is 7.14. The first-order chi connectivity index (χ1) is 12.8. The van der Waals surface area contributed by atoms with Crippen molar-refractivity contribution >= 4 is 51.3 Å². The summed E-state index contributed by atoms with van der Waals surface area (Å²) in [5.74, 6) is 0.419. The van der Waals surface area contributed by atoms with Crippen molar-refractivity contribution in [1.82, 2.24) is 0 Å². The maximum absolute atomic E-state index is 12.4. The van der Waals surface area contributed by atoms with Gasteiger partial charge in [-0.1, -0.05) is 23.2 Å². The van der Waals surface area contributed by atoms with Crippen molar-refractivity contribution in [2.45, 2.75) is 20.8 Å². The van der Waals surface area contributed by atoms with Gasteiger partial charge in [0.25, 0.3) is 0 Å². The molecule has 0 aliphatic heterocycles. The SMILES string of the molecule is COc1c(/C(C)=C/C(=O)Nc2ccc(Cl)c(Cl)c2)cc2c(C)coc2c1C. The van der Waals surface area contributed by atoms with Crippen LogP contribution >= 0.6 is 23.2 Å². The molecule has 140 valence electrons. The van der Waals surface area contributed by atoms with E-state index in [1.54, 1.807) is 31.6 Å². The van der Waals surface area contributed by atoms with Gasteiger partial charge < -0.3 is 14.5 Å². The number of hydrogen-bond acceptors (Lipinski definition) is 3. The smallest absolute Gasteiger partial charge is 0.248 e. The highest BCUT2D eigenvalue weighted by molar-refractivity contribution is 6.42. The fourth-order valence-corrected chi connectivity index (χ4v) is 3.32. The Kier molecular flexibility index (Phi) is 5.49. The van der Waals surface area contributed by atoms with E-state index in [4.69, 9.17) is 32.4 Å². The zero-order valence-corrected chi connectivity index (χ0v) is 17.0. The highest BCUT2D eigenvalue weighted by Gasteiger charge is 2.16. The summed E-state index contributed by atoms with van der Waals surface area (Å²) in [5.41, 5.74) is 4.91. The van der Waals surface area contributed by atoms with Gasteiger partial charge in [-0.3, -0.25) is 4.79 Å². The molecule has 0 saturated heterocycles. The lowest BCUT2D eigenvalue weighted by Crippen LogP contribution is -2.08. The molecule has 0 saturated carbocycles. The Balaban J connectivity index is 1.96. The Morgan fingerprint density at radius 1 is 1.19 bits per heavy atom. The number of anilines is 1. The first-order valence-corrected chi connectivity index (χ1v) is 9.07. The van der Waals surface area contributed by atoms with Crippen LogP contribution in [0.5, 0.6) is 5.75 Å². The van der Waals surface area contributed by atoms with E-state index in [0.29, 0.717) is 21.5 Å². The van der Waals surface area contributed by atoms with Gasteiger partial charge in [-0.25, -0.2) is 0 Å². The summed E-state index contributed by atoms with van der Waals surface area (Å²) in [6.07, 6.45) is 3.25. The number of allylic oxidation sites excluding steroid dienone is 1. The van der Waals surface area contributed by atoms with Crippen LogP contribution in [0, 0.1) is 13.8 Å². The van der Waals surface area contributed by atoms with Gasteiger partial charge in [-0.05, 0) is 56.2 Å². The van der Waals surface area contributed by atoms with Gasteiger partial charge in [0.15, 0.2) is 0 Å². The fraction of sp³-hybridized carbons (Fsp3) is 0.190. The molecule has 0 bridgehead atoms. The third-order valence-corrected chi connectivity index (χ3v) is 5.14. The number of amides is 1. The minimum atomic E-state index is -0.269. The zero-order chi connectivity index (χ0) is 19.7. The van der Waals surface area contributed by atoms with Crippen molar-refractivity contribution in [1.29, 1.82) is 0 Å². The van der Waals surface area contributed by atoms with Crippen LogP contribution in [0.2, 0.25) is 10.0 Å². The van der Waals surface area contributed by atoms with E-state index in [-0.39, 0.29) is 5.91 Å². The van der Waals surface area contributed by atoms with Crippen LogP contribution in [0.1, 0.15) is 23.6 Å². The average molecular weight is 404 g/mol. The Bertz CT molecular complexity index is 1070. The lowest BCUT2D eigenvalue weighted by Gasteiger charge is -2.13. The summed E-state index contributed by atoms with van der Waals surface area (Å²) in [6.45, 7) is 5.79. The van der Waals surface area contributed by atoms with Gasteiger partial charge in [0.2, 0.25) is 5.91 Å². The summed E-state index contributed by atoms with van der Waals surface area (Å²) in [6, 6.07) is 6.92. The van der Waals surface area contributed by atoms with E-state index in [9.17, 15) is 4.79 Å². The van der Waals surface area contributed by atoms with Gasteiger partial charge in [0.1, 0.15) is 11.3 Å². The molecule has 0 fully saturated rings. The van der Waals surface area contributed by atoms with E-state index in [1.165, 1.54) is 6.08 Å². The lowest BCUT2D eigenvalue weighted by atomic mass is 9.98. The number of benzene rings is 2. The number of halogens is 2. The molecule has 1 heterocycles. The number of aryl methyl sites for hydroxylation is 2. The molecular formula is C21H19Cl2NO3. The number of furan rings is 1.